The minimum absolute atomic E-state index is 0.120. The van der Waals surface area contributed by atoms with Crippen molar-refractivity contribution < 1.29 is 8.78 Å². The molecule has 2 nitrogen and oxygen atoms in total. The zero-order valence-corrected chi connectivity index (χ0v) is 13.1. The van der Waals surface area contributed by atoms with Crippen LogP contribution in [0.3, 0.4) is 0 Å². The number of anilines is 1. The van der Waals surface area contributed by atoms with Crippen LogP contribution in [-0.4, -0.2) is 17.0 Å². The van der Waals surface area contributed by atoms with E-state index in [1.54, 1.807) is 11.8 Å². The summed E-state index contributed by atoms with van der Waals surface area (Å²) in [6.45, 7) is 5.05. The lowest BCUT2D eigenvalue weighted by Crippen LogP contribution is -2.10. The van der Waals surface area contributed by atoms with Gasteiger partial charge in [0.1, 0.15) is 11.6 Å². The molecular formula is C13H15BrF2N2S. The molecular weight excluding hydrogens is 334 g/mol. The molecule has 1 heterocycles. The van der Waals surface area contributed by atoms with Gasteiger partial charge in [-0.25, -0.2) is 8.78 Å². The Kier molecular flexibility index (Phi) is 4.84. The second-order valence-electron chi connectivity index (χ2n) is 4.89. The predicted molar refractivity (Wildman–Crippen MR) is 80.8 cm³/mol. The number of nitrogens with zero attached hydrogens (tertiary/aromatic N) is 1. The predicted octanol–water partition coefficient (Wildman–Crippen LogP) is 4.66. The summed E-state index contributed by atoms with van der Waals surface area (Å²) < 4.78 is 27.2. The van der Waals surface area contributed by atoms with Crippen molar-refractivity contribution >= 4 is 38.5 Å². The van der Waals surface area contributed by atoms with Gasteiger partial charge in [-0.15, -0.1) is 0 Å². The topological polar surface area (TPSA) is 24.4 Å². The zero-order chi connectivity index (χ0) is 14.0. The SMILES string of the molecule is CC(C)CC1CN=C(Nc2cc(F)c(Br)cc2F)S1. The summed E-state index contributed by atoms with van der Waals surface area (Å²) in [5.74, 6) is -0.385. The average molecular weight is 349 g/mol. The van der Waals surface area contributed by atoms with Gasteiger partial charge < -0.3 is 5.32 Å². The van der Waals surface area contributed by atoms with Crippen LogP contribution in [0, 0.1) is 17.6 Å². The van der Waals surface area contributed by atoms with Crippen LogP contribution in [0.4, 0.5) is 14.5 Å². The number of amidine groups is 1. The highest BCUT2D eigenvalue weighted by atomic mass is 79.9. The van der Waals surface area contributed by atoms with Gasteiger partial charge in [-0.05, 0) is 34.3 Å². The minimum Gasteiger partial charge on any atom is -0.332 e. The summed E-state index contributed by atoms with van der Waals surface area (Å²) in [7, 11) is 0. The Bertz CT molecular complexity index is 506. The second kappa shape index (κ2) is 6.22. The molecule has 0 saturated heterocycles. The van der Waals surface area contributed by atoms with Crippen LogP contribution in [0.2, 0.25) is 0 Å². The van der Waals surface area contributed by atoms with Gasteiger partial charge >= 0.3 is 0 Å². The fourth-order valence-corrected chi connectivity index (χ4v) is 3.45. The van der Waals surface area contributed by atoms with Gasteiger partial charge in [0, 0.05) is 11.3 Å². The molecule has 104 valence electrons. The van der Waals surface area contributed by atoms with Gasteiger partial charge in [-0.1, -0.05) is 25.6 Å². The van der Waals surface area contributed by atoms with Crippen LogP contribution in [0.1, 0.15) is 20.3 Å². The standard InChI is InChI=1S/C13H15BrF2N2S/c1-7(2)3-8-6-17-13(19-8)18-12-5-10(15)9(14)4-11(12)16/h4-5,7-8H,3,6H2,1-2H3,(H,17,18). The quantitative estimate of drug-likeness (QED) is 0.803. The first-order valence-electron chi connectivity index (χ1n) is 6.08. The molecule has 0 aliphatic carbocycles. The summed E-state index contributed by atoms with van der Waals surface area (Å²) in [6, 6.07) is 2.25. The molecule has 0 saturated carbocycles. The third-order valence-electron chi connectivity index (χ3n) is 2.70. The average Bonchev–Trinajstić information content (AvgIpc) is 2.72. The monoisotopic (exact) mass is 348 g/mol. The Hall–Kier alpha value is -0.620. The number of rotatable bonds is 3. The molecule has 1 atom stereocenters. The van der Waals surface area contributed by atoms with E-state index in [2.05, 4.69) is 40.1 Å². The first-order chi connectivity index (χ1) is 8.95. The molecule has 1 aromatic carbocycles. The lowest BCUT2D eigenvalue weighted by atomic mass is 10.1. The van der Waals surface area contributed by atoms with E-state index < -0.39 is 11.6 Å². The number of hydrogen-bond acceptors (Lipinski definition) is 3. The van der Waals surface area contributed by atoms with Crippen molar-refractivity contribution in [1.29, 1.82) is 0 Å². The van der Waals surface area contributed by atoms with E-state index in [1.165, 1.54) is 0 Å². The lowest BCUT2D eigenvalue weighted by molar-refractivity contribution is 0.575. The largest absolute Gasteiger partial charge is 0.332 e. The van der Waals surface area contributed by atoms with Gasteiger partial charge in [0.05, 0.1) is 16.7 Å². The molecule has 2 rings (SSSR count). The summed E-state index contributed by atoms with van der Waals surface area (Å²) in [6.07, 6.45) is 1.07. The maximum absolute atomic E-state index is 13.7. The summed E-state index contributed by atoms with van der Waals surface area (Å²) in [5, 5.41) is 3.94. The van der Waals surface area contributed by atoms with Gasteiger partial charge in [0.15, 0.2) is 5.17 Å². The number of thioether (sulfide) groups is 1. The van der Waals surface area contributed by atoms with Crippen LogP contribution < -0.4 is 5.32 Å². The van der Waals surface area contributed by atoms with Crippen LogP contribution in [-0.2, 0) is 0 Å². The van der Waals surface area contributed by atoms with E-state index in [-0.39, 0.29) is 10.2 Å². The molecule has 0 bridgehead atoms. The third-order valence-corrected chi connectivity index (χ3v) is 4.44. The van der Waals surface area contributed by atoms with E-state index in [9.17, 15) is 8.78 Å². The molecule has 1 aliphatic rings. The minimum atomic E-state index is -0.496. The Morgan fingerprint density at radius 3 is 2.84 bits per heavy atom. The normalized spacial score (nSPS) is 18.8. The fraction of sp³-hybridized carbons (Fsp3) is 0.462. The van der Waals surface area contributed by atoms with Crippen molar-refractivity contribution in [1.82, 2.24) is 0 Å². The van der Waals surface area contributed by atoms with Crippen molar-refractivity contribution in [2.24, 2.45) is 10.9 Å². The highest BCUT2D eigenvalue weighted by Gasteiger charge is 2.21. The van der Waals surface area contributed by atoms with Crippen molar-refractivity contribution in [3.05, 3.63) is 28.2 Å². The molecule has 0 amide bonds. The first kappa shape index (κ1) is 14.8. The smallest absolute Gasteiger partial charge is 0.161 e. The van der Waals surface area contributed by atoms with Crippen LogP contribution in [0.25, 0.3) is 0 Å². The Balaban J connectivity index is 2.01. The highest BCUT2D eigenvalue weighted by Crippen LogP contribution is 2.29. The highest BCUT2D eigenvalue weighted by molar-refractivity contribution is 9.10. The Morgan fingerprint density at radius 1 is 1.42 bits per heavy atom. The molecule has 0 aromatic heterocycles. The van der Waals surface area contributed by atoms with E-state index in [0.29, 0.717) is 16.3 Å². The number of aliphatic imine (C=N–C) groups is 1. The molecule has 0 spiro atoms. The Morgan fingerprint density at radius 2 is 2.16 bits per heavy atom. The van der Waals surface area contributed by atoms with Gasteiger partial charge in [0.2, 0.25) is 0 Å². The summed E-state index contributed by atoms with van der Waals surface area (Å²) in [4.78, 5) is 4.33. The molecule has 0 radical (unpaired) electrons. The second-order valence-corrected chi connectivity index (χ2v) is 7.03. The molecule has 1 unspecified atom stereocenters. The molecule has 1 aliphatic heterocycles. The summed E-state index contributed by atoms with van der Waals surface area (Å²) in [5.41, 5.74) is 0.122. The van der Waals surface area contributed by atoms with Crippen LogP contribution in [0.15, 0.2) is 21.6 Å². The van der Waals surface area contributed by atoms with E-state index in [4.69, 9.17) is 0 Å². The van der Waals surface area contributed by atoms with Crippen molar-refractivity contribution in [2.75, 3.05) is 11.9 Å². The molecule has 19 heavy (non-hydrogen) atoms. The van der Waals surface area contributed by atoms with Crippen LogP contribution in [0.5, 0.6) is 0 Å². The van der Waals surface area contributed by atoms with Gasteiger partial charge in [-0.2, -0.15) is 0 Å². The van der Waals surface area contributed by atoms with Crippen molar-refractivity contribution in [3.8, 4) is 0 Å². The van der Waals surface area contributed by atoms with Gasteiger partial charge in [0.25, 0.3) is 0 Å². The van der Waals surface area contributed by atoms with Gasteiger partial charge in [-0.3, -0.25) is 4.99 Å². The zero-order valence-electron chi connectivity index (χ0n) is 10.7. The molecule has 6 heteroatoms. The number of halogens is 3. The van der Waals surface area contributed by atoms with E-state index >= 15 is 0 Å². The maximum atomic E-state index is 13.7. The maximum Gasteiger partial charge on any atom is 0.161 e. The van der Waals surface area contributed by atoms with E-state index in [1.807, 2.05) is 0 Å². The number of benzene rings is 1. The molecule has 1 aromatic rings. The number of nitrogens with one attached hydrogen (secondary N) is 1. The first-order valence-corrected chi connectivity index (χ1v) is 7.75. The molecule has 0 fully saturated rings. The lowest BCUT2D eigenvalue weighted by Gasteiger charge is -2.11. The number of hydrogen-bond donors (Lipinski definition) is 1. The van der Waals surface area contributed by atoms with Crippen molar-refractivity contribution in [2.45, 2.75) is 25.5 Å². The summed E-state index contributed by atoms with van der Waals surface area (Å²) >= 11 is 4.54. The Labute approximate surface area is 124 Å². The fourth-order valence-electron chi connectivity index (χ4n) is 1.87. The third kappa shape index (κ3) is 3.92. The van der Waals surface area contributed by atoms with E-state index in [0.717, 1.165) is 25.1 Å². The molecule has 1 N–H and O–H groups in total. The van der Waals surface area contributed by atoms with Crippen molar-refractivity contribution in [3.63, 3.8) is 0 Å². The van der Waals surface area contributed by atoms with Crippen LogP contribution >= 0.6 is 27.7 Å².